The van der Waals surface area contributed by atoms with Crippen molar-refractivity contribution in [3.63, 3.8) is 0 Å². The number of nitrogens with zero attached hydrogens (tertiary/aromatic N) is 2. The highest BCUT2D eigenvalue weighted by atomic mass is 16.7. The molecule has 2 aliphatic heterocycles. The highest BCUT2D eigenvalue weighted by Crippen LogP contribution is 2.34. The maximum atomic E-state index is 12.8. The Kier molecular flexibility index (Phi) is 3.51. The van der Waals surface area contributed by atoms with E-state index in [2.05, 4.69) is 0 Å². The number of carbonyl (C=O) groups excluding carboxylic acids is 1. The van der Waals surface area contributed by atoms with E-state index >= 15 is 0 Å². The third-order valence-corrected chi connectivity index (χ3v) is 5.36. The van der Waals surface area contributed by atoms with E-state index in [1.165, 1.54) is 0 Å². The minimum absolute atomic E-state index is 0.0892. The first-order valence-corrected chi connectivity index (χ1v) is 9.07. The fraction of sp³-hybridized carbons (Fsp3) is 0.400. The molecule has 0 radical (unpaired) electrons. The normalized spacial score (nSPS) is 17.9. The fourth-order valence-corrected chi connectivity index (χ4v) is 3.73. The molecule has 1 amide bonds. The van der Waals surface area contributed by atoms with Crippen LogP contribution in [0, 0.1) is 0 Å². The molecule has 134 valence electrons. The zero-order valence-electron chi connectivity index (χ0n) is 14.4. The summed E-state index contributed by atoms with van der Waals surface area (Å²) in [4.78, 5) is 26.8. The minimum atomic E-state index is 0.0892. The maximum Gasteiger partial charge on any atom is 0.251 e. The average molecular weight is 352 g/mol. The van der Waals surface area contributed by atoms with Crippen molar-refractivity contribution in [3.05, 3.63) is 57.5 Å². The number of hydrogen-bond donors (Lipinski definition) is 0. The molecule has 5 rings (SSSR count). The highest BCUT2D eigenvalue weighted by molar-refractivity contribution is 5.79. The van der Waals surface area contributed by atoms with Crippen LogP contribution in [0.5, 0.6) is 11.5 Å². The molecule has 6 heteroatoms. The molecule has 2 aromatic rings. The van der Waals surface area contributed by atoms with Crippen LogP contribution < -0.4 is 15.0 Å². The van der Waals surface area contributed by atoms with Crippen LogP contribution in [-0.2, 0) is 24.2 Å². The van der Waals surface area contributed by atoms with Gasteiger partial charge in [-0.05, 0) is 48.1 Å². The van der Waals surface area contributed by atoms with E-state index in [1.807, 2.05) is 33.9 Å². The molecular weight excluding hydrogens is 332 g/mol. The summed E-state index contributed by atoms with van der Waals surface area (Å²) in [5, 5.41) is 0. The van der Waals surface area contributed by atoms with E-state index in [-0.39, 0.29) is 18.3 Å². The molecule has 0 unspecified atom stereocenters. The van der Waals surface area contributed by atoms with Crippen LogP contribution in [0.15, 0.2) is 35.3 Å². The van der Waals surface area contributed by atoms with Crippen LogP contribution in [0.3, 0.4) is 0 Å². The molecule has 26 heavy (non-hydrogen) atoms. The lowest BCUT2D eigenvalue weighted by Crippen LogP contribution is -2.38. The number of hydrogen-bond acceptors (Lipinski definition) is 4. The van der Waals surface area contributed by atoms with Crippen LogP contribution >= 0.6 is 0 Å². The van der Waals surface area contributed by atoms with E-state index in [4.69, 9.17) is 9.47 Å². The van der Waals surface area contributed by atoms with Gasteiger partial charge in [0.15, 0.2) is 11.5 Å². The number of amides is 1. The molecule has 1 aromatic carbocycles. The number of ether oxygens (including phenoxy) is 2. The van der Waals surface area contributed by atoms with E-state index in [9.17, 15) is 9.59 Å². The fourth-order valence-electron chi connectivity index (χ4n) is 3.73. The number of rotatable bonds is 3. The van der Waals surface area contributed by atoms with Gasteiger partial charge in [-0.1, -0.05) is 6.07 Å². The second-order valence-electron chi connectivity index (χ2n) is 7.23. The van der Waals surface area contributed by atoms with Gasteiger partial charge in [-0.15, -0.1) is 0 Å². The molecule has 1 saturated carbocycles. The summed E-state index contributed by atoms with van der Waals surface area (Å²) in [7, 11) is 0. The second kappa shape index (κ2) is 5.90. The van der Waals surface area contributed by atoms with Crippen LogP contribution in [0.2, 0.25) is 0 Å². The van der Waals surface area contributed by atoms with Gasteiger partial charge in [0, 0.05) is 31.4 Å². The van der Waals surface area contributed by atoms with Gasteiger partial charge in [0.05, 0.1) is 6.42 Å². The molecule has 6 nitrogen and oxygen atoms in total. The third-order valence-electron chi connectivity index (χ3n) is 5.36. The Morgan fingerprint density at radius 2 is 1.96 bits per heavy atom. The maximum absolute atomic E-state index is 12.8. The Morgan fingerprint density at radius 3 is 2.81 bits per heavy atom. The topological polar surface area (TPSA) is 60.8 Å². The monoisotopic (exact) mass is 352 g/mol. The van der Waals surface area contributed by atoms with Gasteiger partial charge in [-0.3, -0.25) is 9.59 Å². The second-order valence-corrected chi connectivity index (χ2v) is 7.23. The standard InChI is InChI=1S/C20H20N2O4/c23-19(8-13-1-4-17-18(7-13)26-12-25-17)21-6-5-14-9-20(24)22(16-2-3-16)11-15(14)10-21/h1,4,7,9,11,16H,2-3,5-6,8,10,12H2. The van der Waals surface area contributed by atoms with E-state index < -0.39 is 0 Å². The van der Waals surface area contributed by atoms with Crippen LogP contribution in [0.25, 0.3) is 0 Å². The first-order valence-electron chi connectivity index (χ1n) is 9.07. The van der Waals surface area contributed by atoms with Gasteiger partial charge in [-0.2, -0.15) is 0 Å². The summed E-state index contributed by atoms with van der Waals surface area (Å²) in [5.41, 5.74) is 3.19. The first kappa shape index (κ1) is 15.5. The SMILES string of the molecule is O=C(Cc1ccc2c(c1)OCO2)N1CCc2cc(=O)n(C3CC3)cc2C1. The van der Waals surface area contributed by atoms with Crippen LogP contribution in [0.4, 0.5) is 0 Å². The van der Waals surface area contributed by atoms with Crippen molar-refractivity contribution in [3.8, 4) is 11.5 Å². The minimum Gasteiger partial charge on any atom is -0.454 e. The Labute approximate surface area is 150 Å². The molecule has 3 aliphatic rings. The van der Waals surface area contributed by atoms with Crippen molar-refractivity contribution >= 4 is 5.91 Å². The summed E-state index contributed by atoms with van der Waals surface area (Å²) < 4.78 is 12.5. The molecule has 0 atom stereocenters. The Hall–Kier alpha value is -2.76. The van der Waals surface area contributed by atoms with Crippen molar-refractivity contribution < 1.29 is 14.3 Å². The van der Waals surface area contributed by atoms with Gasteiger partial charge in [0.1, 0.15) is 0 Å². The number of carbonyl (C=O) groups is 1. The van der Waals surface area contributed by atoms with Crippen molar-refractivity contribution in [2.24, 2.45) is 0 Å². The molecular formula is C20H20N2O4. The molecule has 1 aliphatic carbocycles. The van der Waals surface area contributed by atoms with Gasteiger partial charge in [0.25, 0.3) is 5.56 Å². The summed E-state index contributed by atoms with van der Waals surface area (Å²) in [6.45, 7) is 1.47. The largest absolute Gasteiger partial charge is 0.454 e. The average Bonchev–Trinajstić information content (AvgIpc) is 3.38. The quantitative estimate of drug-likeness (QED) is 0.848. The van der Waals surface area contributed by atoms with E-state index in [0.717, 1.165) is 41.7 Å². The number of aromatic nitrogens is 1. The number of benzene rings is 1. The van der Waals surface area contributed by atoms with Crippen molar-refractivity contribution in [1.29, 1.82) is 0 Å². The zero-order valence-corrected chi connectivity index (χ0v) is 14.4. The molecule has 0 spiro atoms. The molecule has 3 heterocycles. The van der Waals surface area contributed by atoms with E-state index in [0.29, 0.717) is 31.3 Å². The number of pyridine rings is 1. The van der Waals surface area contributed by atoms with Crippen molar-refractivity contribution in [2.75, 3.05) is 13.3 Å². The predicted molar refractivity (Wildman–Crippen MR) is 94.4 cm³/mol. The first-order chi connectivity index (χ1) is 12.7. The summed E-state index contributed by atoms with van der Waals surface area (Å²) in [6.07, 6.45) is 5.20. The smallest absolute Gasteiger partial charge is 0.251 e. The third kappa shape index (κ3) is 2.75. The summed E-state index contributed by atoms with van der Waals surface area (Å²) in [6, 6.07) is 7.75. The molecule has 0 bridgehead atoms. The summed E-state index contributed by atoms with van der Waals surface area (Å²) in [5.74, 6) is 1.53. The van der Waals surface area contributed by atoms with Crippen LogP contribution in [-0.4, -0.2) is 28.7 Å². The predicted octanol–water partition coefficient (Wildman–Crippen LogP) is 2.04. The lowest BCUT2D eigenvalue weighted by Gasteiger charge is -2.29. The van der Waals surface area contributed by atoms with Crippen LogP contribution in [0.1, 0.15) is 35.6 Å². The van der Waals surface area contributed by atoms with Gasteiger partial charge in [0.2, 0.25) is 12.7 Å². The Morgan fingerprint density at radius 1 is 1.12 bits per heavy atom. The van der Waals surface area contributed by atoms with Gasteiger partial charge >= 0.3 is 0 Å². The molecule has 0 N–H and O–H groups in total. The zero-order chi connectivity index (χ0) is 17.7. The summed E-state index contributed by atoms with van der Waals surface area (Å²) >= 11 is 0. The number of fused-ring (bicyclic) bond motifs is 2. The lowest BCUT2D eigenvalue weighted by atomic mass is 10.0. The van der Waals surface area contributed by atoms with Gasteiger partial charge in [-0.25, -0.2) is 0 Å². The molecule has 1 aromatic heterocycles. The highest BCUT2D eigenvalue weighted by Gasteiger charge is 2.27. The van der Waals surface area contributed by atoms with Crippen molar-refractivity contribution in [1.82, 2.24) is 9.47 Å². The molecule has 0 saturated heterocycles. The van der Waals surface area contributed by atoms with E-state index in [1.54, 1.807) is 6.07 Å². The lowest BCUT2D eigenvalue weighted by molar-refractivity contribution is -0.131. The Balaban J connectivity index is 1.33. The Bertz CT molecular complexity index is 945. The van der Waals surface area contributed by atoms with Crippen molar-refractivity contribution in [2.45, 2.75) is 38.3 Å². The molecule has 1 fully saturated rings. The van der Waals surface area contributed by atoms with Gasteiger partial charge < -0.3 is 18.9 Å².